The molecule has 1 fully saturated rings. The highest BCUT2D eigenvalue weighted by molar-refractivity contribution is 5.96. The maximum Gasteiger partial charge on any atom is 0.354 e. The first-order valence-electron chi connectivity index (χ1n) is 8.94. The first-order valence-corrected chi connectivity index (χ1v) is 8.94. The van der Waals surface area contributed by atoms with Crippen LogP contribution in [0.15, 0.2) is 22.9 Å². The molecule has 0 aliphatic carbocycles. The predicted octanol–water partition coefficient (Wildman–Crippen LogP) is 3.17. The summed E-state index contributed by atoms with van der Waals surface area (Å²) in [5.41, 5.74) is 1.78. The van der Waals surface area contributed by atoms with Crippen molar-refractivity contribution >= 4 is 11.9 Å². The fraction of sp³-hybridized carbons (Fsp3) is 0.526. The van der Waals surface area contributed by atoms with E-state index in [2.05, 4.69) is 5.16 Å². The molecule has 3 heterocycles. The number of aromatic nitrogens is 2. The molecule has 0 radical (unpaired) electrons. The first-order chi connectivity index (χ1) is 12.4. The van der Waals surface area contributed by atoms with Crippen LogP contribution in [0.25, 0.3) is 0 Å². The lowest BCUT2D eigenvalue weighted by Crippen LogP contribution is -2.39. The third-order valence-electron chi connectivity index (χ3n) is 4.95. The fourth-order valence-electron chi connectivity index (χ4n) is 3.54. The van der Waals surface area contributed by atoms with Crippen molar-refractivity contribution in [3.8, 4) is 0 Å². The summed E-state index contributed by atoms with van der Waals surface area (Å²) in [4.78, 5) is 26.7. The second-order valence-electron chi connectivity index (χ2n) is 6.98. The average Bonchev–Trinajstić information content (AvgIpc) is 3.27. The molecule has 2 aromatic rings. The third kappa shape index (κ3) is 3.25. The van der Waals surface area contributed by atoms with Crippen LogP contribution in [0.5, 0.6) is 0 Å². The van der Waals surface area contributed by atoms with E-state index in [9.17, 15) is 9.59 Å². The van der Waals surface area contributed by atoms with Crippen LogP contribution in [-0.2, 0) is 4.74 Å². The first kappa shape index (κ1) is 18.2. The Morgan fingerprint density at radius 1 is 1.31 bits per heavy atom. The normalized spacial score (nSPS) is 15.5. The standard InChI is InChI=1S/C19H25N3O4/c1-12(2)17-16(13(3)20-26-17)18(23)21-10-7-14(8-11-21)22-9-5-6-15(22)19(24)25-4/h5-6,9,12,14H,7-8,10-11H2,1-4H3. The third-order valence-corrected chi connectivity index (χ3v) is 4.95. The Labute approximate surface area is 152 Å². The minimum absolute atomic E-state index is 0.0217. The number of rotatable bonds is 4. The molecule has 2 aromatic heterocycles. The topological polar surface area (TPSA) is 77.6 Å². The van der Waals surface area contributed by atoms with Crippen LogP contribution in [0.3, 0.4) is 0 Å². The smallest absolute Gasteiger partial charge is 0.354 e. The van der Waals surface area contributed by atoms with Gasteiger partial charge in [-0.1, -0.05) is 19.0 Å². The van der Waals surface area contributed by atoms with Crippen LogP contribution in [0.2, 0.25) is 0 Å². The number of ether oxygens (including phenoxy) is 1. The van der Waals surface area contributed by atoms with E-state index < -0.39 is 0 Å². The minimum atomic E-state index is -0.338. The van der Waals surface area contributed by atoms with Gasteiger partial charge >= 0.3 is 5.97 Å². The molecule has 0 saturated carbocycles. The van der Waals surface area contributed by atoms with Crippen LogP contribution >= 0.6 is 0 Å². The Kier molecular flexibility index (Phi) is 5.15. The molecular weight excluding hydrogens is 334 g/mol. The summed E-state index contributed by atoms with van der Waals surface area (Å²) in [6, 6.07) is 3.79. The number of amides is 1. The highest BCUT2D eigenvalue weighted by atomic mass is 16.5. The summed E-state index contributed by atoms with van der Waals surface area (Å²) >= 11 is 0. The molecule has 0 atom stereocenters. The maximum atomic E-state index is 13.0. The van der Waals surface area contributed by atoms with Crippen LogP contribution in [0.4, 0.5) is 0 Å². The molecule has 26 heavy (non-hydrogen) atoms. The minimum Gasteiger partial charge on any atom is -0.464 e. The van der Waals surface area contributed by atoms with Crippen molar-refractivity contribution in [1.29, 1.82) is 0 Å². The summed E-state index contributed by atoms with van der Waals surface area (Å²) in [5.74, 6) is 0.393. The number of piperidine rings is 1. The molecule has 1 saturated heterocycles. The zero-order valence-corrected chi connectivity index (χ0v) is 15.7. The van der Waals surface area contributed by atoms with Gasteiger partial charge in [0.1, 0.15) is 11.3 Å². The van der Waals surface area contributed by atoms with Gasteiger partial charge in [-0.05, 0) is 31.9 Å². The van der Waals surface area contributed by atoms with Gasteiger partial charge in [-0.15, -0.1) is 0 Å². The van der Waals surface area contributed by atoms with Crippen molar-refractivity contribution in [2.24, 2.45) is 0 Å². The van der Waals surface area contributed by atoms with Crippen molar-refractivity contribution in [3.05, 3.63) is 41.0 Å². The highest BCUT2D eigenvalue weighted by Gasteiger charge is 2.30. The monoisotopic (exact) mass is 359 g/mol. The van der Waals surface area contributed by atoms with Gasteiger partial charge in [0.2, 0.25) is 0 Å². The number of carbonyl (C=O) groups is 2. The van der Waals surface area contributed by atoms with E-state index in [0.717, 1.165) is 12.8 Å². The van der Waals surface area contributed by atoms with Gasteiger partial charge in [-0.25, -0.2) is 4.79 Å². The number of esters is 1. The second kappa shape index (κ2) is 7.35. The Hall–Kier alpha value is -2.57. The summed E-state index contributed by atoms with van der Waals surface area (Å²) in [6.45, 7) is 7.04. The maximum absolute atomic E-state index is 13.0. The number of carbonyl (C=O) groups excluding carboxylic acids is 2. The summed E-state index contributed by atoms with van der Waals surface area (Å²) in [5, 5.41) is 3.97. The van der Waals surface area contributed by atoms with Gasteiger partial charge in [-0.3, -0.25) is 4.79 Å². The zero-order chi connectivity index (χ0) is 18.8. The van der Waals surface area contributed by atoms with Gasteiger partial charge in [0.05, 0.1) is 12.8 Å². The van der Waals surface area contributed by atoms with Crippen molar-refractivity contribution in [2.45, 2.75) is 45.6 Å². The van der Waals surface area contributed by atoms with Crippen LogP contribution in [0.1, 0.15) is 70.9 Å². The summed E-state index contributed by atoms with van der Waals surface area (Å²) < 4.78 is 12.1. The quantitative estimate of drug-likeness (QED) is 0.784. The van der Waals surface area contributed by atoms with E-state index in [1.165, 1.54) is 7.11 Å². The molecule has 0 unspecified atom stereocenters. The molecule has 140 valence electrons. The molecule has 1 aliphatic heterocycles. The molecule has 7 heteroatoms. The number of hydrogen-bond donors (Lipinski definition) is 0. The largest absolute Gasteiger partial charge is 0.464 e. The van der Waals surface area contributed by atoms with E-state index in [0.29, 0.717) is 35.8 Å². The fourth-order valence-corrected chi connectivity index (χ4v) is 3.54. The predicted molar refractivity (Wildman–Crippen MR) is 95.3 cm³/mol. The van der Waals surface area contributed by atoms with Crippen molar-refractivity contribution < 1.29 is 18.8 Å². The molecule has 7 nitrogen and oxygen atoms in total. The second-order valence-corrected chi connectivity index (χ2v) is 6.98. The molecule has 0 aromatic carbocycles. The van der Waals surface area contributed by atoms with E-state index in [4.69, 9.17) is 9.26 Å². The van der Waals surface area contributed by atoms with Gasteiger partial charge in [0, 0.05) is 31.2 Å². The summed E-state index contributed by atoms with van der Waals surface area (Å²) in [7, 11) is 1.38. The average molecular weight is 359 g/mol. The Bertz CT molecular complexity index is 798. The lowest BCUT2D eigenvalue weighted by atomic mass is 10.0. The van der Waals surface area contributed by atoms with Crippen LogP contribution < -0.4 is 0 Å². The lowest BCUT2D eigenvalue weighted by molar-refractivity contribution is 0.0573. The Morgan fingerprint density at radius 2 is 2.00 bits per heavy atom. The van der Waals surface area contributed by atoms with Crippen molar-refractivity contribution in [1.82, 2.24) is 14.6 Å². The number of nitrogens with zero attached hydrogens (tertiary/aromatic N) is 3. The number of methoxy groups -OCH3 is 1. The highest BCUT2D eigenvalue weighted by Crippen LogP contribution is 2.28. The van der Waals surface area contributed by atoms with Gasteiger partial charge in [0.25, 0.3) is 5.91 Å². The van der Waals surface area contributed by atoms with E-state index >= 15 is 0 Å². The lowest BCUT2D eigenvalue weighted by Gasteiger charge is -2.33. The van der Waals surface area contributed by atoms with Gasteiger partial charge in [0.15, 0.2) is 5.76 Å². The van der Waals surface area contributed by atoms with Crippen LogP contribution in [0, 0.1) is 6.92 Å². The van der Waals surface area contributed by atoms with Crippen LogP contribution in [-0.4, -0.2) is 46.7 Å². The molecular formula is C19H25N3O4. The van der Waals surface area contributed by atoms with E-state index in [1.54, 1.807) is 13.0 Å². The van der Waals surface area contributed by atoms with Crippen molar-refractivity contribution in [2.75, 3.05) is 20.2 Å². The Balaban J connectivity index is 1.72. The van der Waals surface area contributed by atoms with E-state index in [1.807, 2.05) is 35.6 Å². The van der Waals surface area contributed by atoms with Gasteiger partial charge < -0.3 is 18.7 Å². The number of hydrogen-bond acceptors (Lipinski definition) is 5. The SMILES string of the molecule is COC(=O)c1cccn1C1CCN(C(=O)c2c(C)noc2C(C)C)CC1. The summed E-state index contributed by atoms with van der Waals surface area (Å²) in [6.07, 6.45) is 3.47. The van der Waals surface area contributed by atoms with Crippen molar-refractivity contribution in [3.63, 3.8) is 0 Å². The van der Waals surface area contributed by atoms with Gasteiger partial charge in [-0.2, -0.15) is 0 Å². The van der Waals surface area contributed by atoms with E-state index in [-0.39, 0.29) is 23.8 Å². The molecule has 0 N–H and O–H groups in total. The molecule has 1 amide bonds. The molecule has 1 aliphatic rings. The zero-order valence-electron chi connectivity index (χ0n) is 15.7. The molecule has 0 spiro atoms. The molecule has 3 rings (SSSR count). The number of likely N-dealkylation sites (tertiary alicyclic amines) is 1. The molecule has 0 bridgehead atoms. The number of aryl methyl sites for hydroxylation is 1. The Morgan fingerprint density at radius 3 is 2.62 bits per heavy atom.